The van der Waals surface area contributed by atoms with E-state index in [0.29, 0.717) is 5.92 Å². The van der Waals surface area contributed by atoms with E-state index in [2.05, 4.69) is 30.0 Å². The molecule has 0 radical (unpaired) electrons. The number of nitriles is 1. The zero-order valence-electron chi connectivity index (χ0n) is 13.9. The summed E-state index contributed by atoms with van der Waals surface area (Å²) in [6, 6.07) is 10.6. The van der Waals surface area contributed by atoms with Gasteiger partial charge in [-0.25, -0.2) is 9.59 Å². The van der Waals surface area contributed by atoms with Crippen LogP contribution in [-0.4, -0.2) is 46.7 Å². The van der Waals surface area contributed by atoms with Crippen LogP contribution < -0.4 is 0 Å². The summed E-state index contributed by atoms with van der Waals surface area (Å²) >= 11 is 1.82. The Balaban J connectivity index is 0.000000326. The van der Waals surface area contributed by atoms with Crippen LogP contribution in [0.2, 0.25) is 0 Å². The van der Waals surface area contributed by atoms with Gasteiger partial charge >= 0.3 is 11.9 Å². The van der Waals surface area contributed by atoms with Gasteiger partial charge in [-0.3, -0.25) is 0 Å². The van der Waals surface area contributed by atoms with Crippen molar-refractivity contribution < 1.29 is 19.8 Å². The van der Waals surface area contributed by atoms with Gasteiger partial charge in [-0.05, 0) is 55.9 Å². The van der Waals surface area contributed by atoms with Crippen molar-refractivity contribution >= 4 is 33.4 Å². The molecule has 0 spiro atoms. The number of thiophene rings is 1. The molecule has 0 amide bonds. The molecule has 1 aliphatic heterocycles. The SMILES string of the molecule is CCN1CCC(c2cc3cccc(C#N)c3s2)CC1.O=C(O)C(=O)O. The number of piperidine rings is 1. The summed E-state index contributed by atoms with van der Waals surface area (Å²) in [5.41, 5.74) is 0.819. The average molecular weight is 360 g/mol. The van der Waals surface area contributed by atoms with Crippen molar-refractivity contribution in [1.29, 1.82) is 5.26 Å². The predicted molar refractivity (Wildman–Crippen MR) is 95.9 cm³/mol. The summed E-state index contributed by atoms with van der Waals surface area (Å²) in [7, 11) is 0. The first-order valence-corrected chi connectivity index (χ1v) is 8.89. The molecule has 1 aromatic carbocycles. The molecule has 0 unspecified atom stereocenters. The van der Waals surface area contributed by atoms with Crippen LogP contribution in [0.1, 0.15) is 36.1 Å². The Labute approximate surface area is 149 Å². The number of likely N-dealkylation sites (tertiary alicyclic amines) is 1. The fraction of sp³-hybridized carbons (Fsp3) is 0.389. The largest absolute Gasteiger partial charge is 0.473 e. The van der Waals surface area contributed by atoms with E-state index in [1.54, 1.807) is 0 Å². The van der Waals surface area contributed by atoms with Gasteiger partial charge in [0.05, 0.1) is 10.3 Å². The van der Waals surface area contributed by atoms with Crippen molar-refractivity contribution in [2.45, 2.75) is 25.7 Å². The second kappa shape index (κ2) is 8.60. The molecule has 0 saturated carbocycles. The number of carboxylic acids is 2. The molecule has 2 heterocycles. The fourth-order valence-electron chi connectivity index (χ4n) is 2.91. The quantitative estimate of drug-likeness (QED) is 0.798. The number of fused-ring (bicyclic) bond motifs is 1. The molecule has 2 N–H and O–H groups in total. The highest BCUT2D eigenvalue weighted by molar-refractivity contribution is 7.19. The van der Waals surface area contributed by atoms with Crippen LogP contribution in [0.4, 0.5) is 0 Å². The van der Waals surface area contributed by atoms with E-state index in [1.165, 1.54) is 36.2 Å². The van der Waals surface area contributed by atoms with Gasteiger partial charge in [0.15, 0.2) is 0 Å². The van der Waals surface area contributed by atoms with Crippen LogP contribution in [0.15, 0.2) is 24.3 Å². The molecule has 0 aliphatic carbocycles. The highest BCUT2D eigenvalue weighted by Gasteiger charge is 2.21. The van der Waals surface area contributed by atoms with Crippen molar-refractivity contribution in [2.75, 3.05) is 19.6 Å². The average Bonchev–Trinajstić information content (AvgIpc) is 3.06. The van der Waals surface area contributed by atoms with E-state index in [9.17, 15) is 5.26 Å². The lowest BCUT2D eigenvalue weighted by Crippen LogP contribution is -2.32. The van der Waals surface area contributed by atoms with Gasteiger partial charge in [0.1, 0.15) is 6.07 Å². The highest BCUT2D eigenvalue weighted by atomic mass is 32.1. The number of carboxylic acid groups (broad SMARTS) is 2. The third-order valence-corrected chi connectivity index (χ3v) is 5.65. The van der Waals surface area contributed by atoms with E-state index in [-0.39, 0.29) is 0 Å². The Bertz CT molecular complexity index is 789. The van der Waals surface area contributed by atoms with Crippen molar-refractivity contribution in [2.24, 2.45) is 0 Å². The van der Waals surface area contributed by atoms with Gasteiger partial charge in [0, 0.05) is 4.88 Å². The molecular weight excluding hydrogens is 340 g/mol. The summed E-state index contributed by atoms with van der Waals surface area (Å²) in [6.07, 6.45) is 2.51. The van der Waals surface area contributed by atoms with Gasteiger partial charge in [0.25, 0.3) is 0 Å². The van der Waals surface area contributed by atoms with Crippen LogP contribution in [0, 0.1) is 11.3 Å². The molecule has 1 saturated heterocycles. The fourth-order valence-corrected chi connectivity index (χ4v) is 4.20. The number of benzene rings is 1. The van der Waals surface area contributed by atoms with E-state index in [0.717, 1.165) is 16.8 Å². The summed E-state index contributed by atoms with van der Waals surface area (Å²) in [5, 5.41) is 25.2. The van der Waals surface area contributed by atoms with E-state index in [1.807, 2.05) is 23.5 Å². The third kappa shape index (κ3) is 4.78. The third-order valence-electron chi connectivity index (χ3n) is 4.30. The number of hydrogen-bond acceptors (Lipinski definition) is 5. The number of hydrogen-bond donors (Lipinski definition) is 2. The van der Waals surface area contributed by atoms with Gasteiger partial charge in [-0.1, -0.05) is 19.1 Å². The van der Waals surface area contributed by atoms with Gasteiger partial charge in [-0.2, -0.15) is 5.26 Å². The molecule has 2 aromatic rings. The first kappa shape index (κ1) is 18.9. The topological polar surface area (TPSA) is 102 Å². The number of rotatable bonds is 2. The maximum Gasteiger partial charge on any atom is 0.414 e. The monoisotopic (exact) mass is 360 g/mol. The van der Waals surface area contributed by atoms with Crippen LogP contribution >= 0.6 is 11.3 Å². The Morgan fingerprint density at radius 3 is 2.44 bits per heavy atom. The molecule has 3 rings (SSSR count). The standard InChI is InChI=1S/C16H18N2S.C2H2O4/c1-2-18-8-6-12(7-9-18)15-10-13-4-3-5-14(11-17)16(13)19-15;3-1(4)2(5)6/h3-5,10,12H,2,6-9H2,1H3;(H,3,4)(H,5,6). The maximum absolute atomic E-state index is 9.17. The molecule has 6 nitrogen and oxygen atoms in total. The Morgan fingerprint density at radius 2 is 1.92 bits per heavy atom. The second-order valence-electron chi connectivity index (χ2n) is 5.80. The normalized spacial score (nSPS) is 15.2. The van der Waals surface area contributed by atoms with Crippen LogP contribution in [-0.2, 0) is 9.59 Å². The van der Waals surface area contributed by atoms with E-state index < -0.39 is 11.9 Å². The van der Waals surface area contributed by atoms with Crippen LogP contribution in [0.25, 0.3) is 10.1 Å². The minimum atomic E-state index is -1.82. The van der Waals surface area contributed by atoms with Gasteiger partial charge in [-0.15, -0.1) is 11.3 Å². The molecule has 1 aromatic heterocycles. The first-order valence-electron chi connectivity index (χ1n) is 8.07. The van der Waals surface area contributed by atoms with Gasteiger partial charge < -0.3 is 15.1 Å². The van der Waals surface area contributed by atoms with Crippen molar-refractivity contribution in [1.82, 2.24) is 4.90 Å². The lowest BCUT2D eigenvalue weighted by Gasteiger charge is -2.30. The van der Waals surface area contributed by atoms with Crippen LogP contribution in [0.3, 0.4) is 0 Å². The molecule has 25 heavy (non-hydrogen) atoms. The van der Waals surface area contributed by atoms with Crippen molar-refractivity contribution in [3.05, 3.63) is 34.7 Å². The summed E-state index contributed by atoms with van der Waals surface area (Å²) < 4.78 is 1.16. The highest BCUT2D eigenvalue weighted by Crippen LogP contribution is 2.37. The smallest absolute Gasteiger partial charge is 0.414 e. The molecule has 1 fully saturated rings. The Morgan fingerprint density at radius 1 is 1.28 bits per heavy atom. The molecule has 1 aliphatic rings. The maximum atomic E-state index is 9.17. The van der Waals surface area contributed by atoms with E-state index in [4.69, 9.17) is 19.8 Å². The molecule has 132 valence electrons. The lowest BCUT2D eigenvalue weighted by molar-refractivity contribution is -0.159. The van der Waals surface area contributed by atoms with Gasteiger partial charge in [0.2, 0.25) is 0 Å². The number of aliphatic carboxylic acids is 2. The summed E-state index contributed by atoms with van der Waals surface area (Å²) in [5.74, 6) is -2.96. The first-order chi connectivity index (χ1) is 12.0. The zero-order chi connectivity index (χ0) is 18.4. The number of nitrogens with zero attached hydrogens (tertiary/aromatic N) is 2. The lowest BCUT2D eigenvalue weighted by atomic mass is 9.95. The Hall–Kier alpha value is -2.43. The van der Waals surface area contributed by atoms with E-state index >= 15 is 0 Å². The minimum Gasteiger partial charge on any atom is -0.473 e. The molecule has 7 heteroatoms. The van der Waals surface area contributed by atoms with Crippen molar-refractivity contribution in [3.8, 4) is 6.07 Å². The Kier molecular flexibility index (Phi) is 6.51. The minimum absolute atomic E-state index is 0.687. The molecule has 0 bridgehead atoms. The zero-order valence-corrected chi connectivity index (χ0v) is 14.8. The molecule has 0 atom stereocenters. The molecular formula is C18H20N2O4S. The second-order valence-corrected chi connectivity index (χ2v) is 6.89. The number of carbonyl (C=O) groups is 2. The van der Waals surface area contributed by atoms with Crippen LogP contribution in [0.5, 0.6) is 0 Å². The summed E-state index contributed by atoms with van der Waals surface area (Å²) in [6.45, 7) is 5.82. The van der Waals surface area contributed by atoms with Crippen molar-refractivity contribution in [3.63, 3.8) is 0 Å². The summed E-state index contributed by atoms with van der Waals surface area (Å²) in [4.78, 5) is 22.2. The predicted octanol–water partition coefficient (Wildman–Crippen LogP) is 3.13.